The molecule has 8 heteroatoms. The third kappa shape index (κ3) is 5.43. The number of aliphatic carboxylic acids is 1. The smallest absolute Gasteiger partial charge is 0.305 e. The van der Waals surface area contributed by atoms with Gasteiger partial charge in [-0.25, -0.2) is 4.98 Å². The minimum atomic E-state index is -0.891. The van der Waals surface area contributed by atoms with Crippen molar-refractivity contribution in [3.8, 4) is 5.75 Å². The SMILES string of the molecule is COc1cncc(C(CC(=O)O)n2ccc(CCCc3ccc4c(n3)NCCCC4)n2)c1. The highest BCUT2D eigenvalue weighted by Crippen LogP contribution is 2.25. The van der Waals surface area contributed by atoms with Crippen LogP contribution >= 0.6 is 0 Å². The van der Waals surface area contributed by atoms with E-state index in [9.17, 15) is 9.90 Å². The maximum absolute atomic E-state index is 11.5. The lowest BCUT2D eigenvalue weighted by atomic mass is 10.1. The van der Waals surface area contributed by atoms with Gasteiger partial charge in [-0.3, -0.25) is 14.5 Å². The molecule has 0 saturated heterocycles. The zero-order valence-corrected chi connectivity index (χ0v) is 18.3. The third-order valence-electron chi connectivity index (χ3n) is 5.77. The van der Waals surface area contributed by atoms with Gasteiger partial charge in [-0.15, -0.1) is 0 Å². The van der Waals surface area contributed by atoms with E-state index in [1.807, 2.05) is 12.3 Å². The Morgan fingerprint density at radius 1 is 1.22 bits per heavy atom. The molecule has 0 radical (unpaired) electrons. The molecule has 3 aromatic rings. The molecule has 0 amide bonds. The topological polar surface area (TPSA) is 102 Å². The van der Waals surface area contributed by atoms with Crippen molar-refractivity contribution in [2.24, 2.45) is 0 Å². The summed E-state index contributed by atoms with van der Waals surface area (Å²) < 4.78 is 6.95. The summed E-state index contributed by atoms with van der Waals surface area (Å²) in [5.74, 6) is 0.735. The number of carboxylic acid groups (broad SMARTS) is 1. The van der Waals surface area contributed by atoms with Crippen LogP contribution in [-0.4, -0.2) is 44.5 Å². The van der Waals surface area contributed by atoms with Gasteiger partial charge in [0.05, 0.1) is 31.5 Å². The maximum Gasteiger partial charge on any atom is 0.305 e. The Bertz CT molecular complexity index is 1070. The Hall–Kier alpha value is -3.42. The van der Waals surface area contributed by atoms with E-state index in [1.54, 1.807) is 30.3 Å². The third-order valence-corrected chi connectivity index (χ3v) is 5.77. The van der Waals surface area contributed by atoms with Crippen molar-refractivity contribution in [1.82, 2.24) is 19.7 Å². The molecule has 0 saturated carbocycles. The van der Waals surface area contributed by atoms with Crippen LogP contribution in [-0.2, 0) is 24.1 Å². The van der Waals surface area contributed by atoms with Crippen LogP contribution in [0.2, 0.25) is 0 Å². The number of fused-ring (bicyclic) bond motifs is 1. The quantitative estimate of drug-likeness (QED) is 0.529. The van der Waals surface area contributed by atoms with Crippen molar-refractivity contribution >= 4 is 11.8 Å². The molecular weight excluding hydrogens is 406 g/mol. The number of hydrogen-bond acceptors (Lipinski definition) is 6. The fraction of sp³-hybridized carbons (Fsp3) is 0.417. The summed E-state index contributed by atoms with van der Waals surface area (Å²) in [6.07, 6.45) is 11.1. The second-order valence-electron chi connectivity index (χ2n) is 8.11. The van der Waals surface area contributed by atoms with Gasteiger partial charge in [0.2, 0.25) is 0 Å². The molecule has 3 aromatic heterocycles. The van der Waals surface area contributed by atoms with Crippen molar-refractivity contribution in [2.75, 3.05) is 19.0 Å². The summed E-state index contributed by atoms with van der Waals surface area (Å²) in [6, 6.07) is 7.64. The molecule has 1 atom stereocenters. The van der Waals surface area contributed by atoms with Gasteiger partial charge in [0.25, 0.3) is 0 Å². The first-order valence-electron chi connectivity index (χ1n) is 11.1. The van der Waals surface area contributed by atoms with Crippen LogP contribution in [0.3, 0.4) is 0 Å². The van der Waals surface area contributed by atoms with E-state index in [4.69, 9.17) is 9.72 Å². The minimum Gasteiger partial charge on any atom is -0.495 e. The fourth-order valence-electron chi connectivity index (χ4n) is 4.06. The van der Waals surface area contributed by atoms with Crippen molar-refractivity contribution in [2.45, 2.75) is 51.0 Å². The zero-order valence-electron chi connectivity index (χ0n) is 18.3. The molecular formula is C24H29N5O3. The van der Waals surface area contributed by atoms with Gasteiger partial charge < -0.3 is 15.2 Å². The summed E-state index contributed by atoms with van der Waals surface area (Å²) in [4.78, 5) is 20.4. The lowest BCUT2D eigenvalue weighted by Crippen LogP contribution is -2.16. The zero-order chi connectivity index (χ0) is 22.3. The summed E-state index contributed by atoms with van der Waals surface area (Å²) in [6.45, 7) is 0.987. The van der Waals surface area contributed by atoms with Crippen molar-refractivity contribution in [1.29, 1.82) is 0 Å². The van der Waals surface area contributed by atoms with Crippen molar-refractivity contribution < 1.29 is 14.6 Å². The van der Waals surface area contributed by atoms with Gasteiger partial charge in [-0.2, -0.15) is 5.10 Å². The van der Waals surface area contributed by atoms with E-state index < -0.39 is 12.0 Å². The Balaban J connectivity index is 1.41. The summed E-state index contributed by atoms with van der Waals surface area (Å²) in [5.41, 5.74) is 4.08. The van der Waals surface area contributed by atoms with Crippen LogP contribution in [0.4, 0.5) is 5.82 Å². The molecule has 0 aromatic carbocycles. The number of carbonyl (C=O) groups is 1. The average molecular weight is 436 g/mol. The Kier molecular flexibility index (Phi) is 6.99. The lowest BCUT2D eigenvalue weighted by Gasteiger charge is -2.16. The maximum atomic E-state index is 11.5. The van der Waals surface area contributed by atoms with Gasteiger partial charge in [0, 0.05) is 24.6 Å². The van der Waals surface area contributed by atoms with Gasteiger partial charge in [0.15, 0.2) is 0 Å². The van der Waals surface area contributed by atoms with E-state index in [0.717, 1.165) is 55.0 Å². The first-order valence-corrected chi connectivity index (χ1v) is 11.1. The van der Waals surface area contributed by atoms with Crippen LogP contribution < -0.4 is 10.1 Å². The van der Waals surface area contributed by atoms with E-state index in [1.165, 1.54) is 18.4 Å². The van der Waals surface area contributed by atoms with Crippen LogP contribution in [0, 0.1) is 0 Å². The van der Waals surface area contributed by atoms with Crippen LogP contribution in [0.5, 0.6) is 5.75 Å². The number of ether oxygens (including phenoxy) is 1. The van der Waals surface area contributed by atoms with E-state index in [-0.39, 0.29) is 6.42 Å². The summed E-state index contributed by atoms with van der Waals surface area (Å²) in [5, 5.41) is 17.5. The van der Waals surface area contributed by atoms with E-state index in [2.05, 4.69) is 27.5 Å². The molecule has 1 aliphatic heterocycles. The largest absolute Gasteiger partial charge is 0.495 e. The second kappa shape index (κ2) is 10.3. The minimum absolute atomic E-state index is 0.0813. The molecule has 0 bridgehead atoms. The van der Waals surface area contributed by atoms with Gasteiger partial charge in [-0.1, -0.05) is 6.07 Å². The Morgan fingerprint density at radius 3 is 2.94 bits per heavy atom. The average Bonchev–Trinajstić information content (AvgIpc) is 3.14. The first-order chi connectivity index (χ1) is 15.6. The monoisotopic (exact) mass is 435 g/mol. The van der Waals surface area contributed by atoms with Crippen LogP contribution in [0.25, 0.3) is 0 Å². The second-order valence-corrected chi connectivity index (χ2v) is 8.11. The number of carboxylic acids is 1. The van der Waals surface area contributed by atoms with E-state index >= 15 is 0 Å². The van der Waals surface area contributed by atoms with Crippen molar-refractivity contribution in [3.05, 3.63) is 65.4 Å². The van der Waals surface area contributed by atoms with Crippen LogP contribution in [0.1, 0.15) is 54.2 Å². The number of anilines is 1. The van der Waals surface area contributed by atoms with Crippen molar-refractivity contribution in [3.63, 3.8) is 0 Å². The summed E-state index contributed by atoms with van der Waals surface area (Å²) >= 11 is 0. The number of methoxy groups -OCH3 is 1. The number of nitrogens with one attached hydrogen (secondary N) is 1. The highest BCUT2D eigenvalue weighted by atomic mass is 16.5. The number of aryl methyl sites for hydroxylation is 3. The fourth-order valence-corrected chi connectivity index (χ4v) is 4.06. The standard InChI is InChI=1S/C24H29N5O3/c1-32-21-13-18(15-25-16-21)22(14-23(30)31)29-12-10-20(28-29)7-4-6-19-9-8-17-5-2-3-11-26-24(17)27-19/h8-10,12-13,15-16,22H,2-7,11,14H2,1H3,(H,26,27)(H,30,31). The van der Waals surface area contributed by atoms with Crippen LogP contribution in [0.15, 0.2) is 42.9 Å². The molecule has 1 aliphatic rings. The Labute approximate surface area is 187 Å². The molecule has 4 heterocycles. The molecule has 4 rings (SSSR count). The molecule has 0 fully saturated rings. The van der Waals surface area contributed by atoms with Gasteiger partial charge >= 0.3 is 5.97 Å². The summed E-state index contributed by atoms with van der Waals surface area (Å²) in [7, 11) is 1.56. The highest BCUT2D eigenvalue weighted by molar-refractivity contribution is 5.68. The normalized spacial score (nSPS) is 14.2. The number of pyridine rings is 2. The molecule has 0 aliphatic carbocycles. The number of nitrogens with zero attached hydrogens (tertiary/aromatic N) is 4. The molecule has 2 N–H and O–H groups in total. The predicted molar refractivity (Wildman–Crippen MR) is 121 cm³/mol. The molecule has 32 heavy (non-hydrogen) atoms. The number of hydrogen-bond donors (Lipinski definition) is 2. The first kappa shape index (κ1) is 21.8. The predicted octanol–water partition coefficient (Wildman–Crippen LogP) is 3.67. The molecule has 168 valence electrons. The highest BCUT2D eigenvalue weighted by Gasteiger charge is 2.20. The molecule has 8 nitrogen and oxygen atoms in total. The van der Waals surface area contributed by atoms with Gasteiger partial charge in [-0.05, 0) is 67.9 Å². The lowest BCUT2D eigenvalue weighted by molar-refractivity contribution is -0.137. The number of aromatic nitrogens is 4. The molecule has 1 unspecified atom stereocenters. The molecule has 0 spiro atoms. The number of rotatable bonds is 9. The Morgan fingerprint density at radius 2 is 2.09 bits per heavy atom. The van der Waals surface area contributed by atoms with E-state index in [0.29, 0.717) is 5.75 Å². The van der Waals surface area contributed by atoms with Gasteiger partial charge in [0.1, 0.15) is 11.6 Å².